The fraction of sp³-hybridized carbons (Fsp3) is 0.143. The third-order valence-corrected chi connectivity index (χ3v) is 3.09. The molecule has 0 fully saturated rings. The van der Waals surface area contributed by atoms with E-state index in [4.69, 9.17) is 0 Å². The van der Waals surface area contributed by atoms with E-state index in [2.05, 4.69) is 78.0 Å². The van der Waals surface area contributed by atoms with Crippen LogP contribution in [0.25, 0.3) is 11.1 Å². The second-order valence-electron chi connectivity index (χ2n) is 3.47. The van der Waals surface area contributed by atoms with Gasteiger partial charge in [0, 0.05) is 3.57 Å². The Hall–Kier alpha value is -0.830. The van der Waals surface area contributed by atoms with Gasteiger partial charge in [0.1, 0.15) is 0 Å². The minimum atomic E-state index is 1.05. The van der Waals surface area contributed by atoms with E-state index in [1.165, 1.54) is 20.3 Å². The van der Waals surface area contributed by atoms with E-state index in [1.807, 2.05) is 0 Å². The molecule has 2 rings (SSSR count). The third kappa shape index (κ3) is 2.59. The van der Waals surface area contributed by atoms with Gasteiger partial charge in [0.05, 0.1) is 0 Å². The zero-order chi connectivity index (χ0) is 10.7. The van der Waals surface area contributed by atoms with Crippen LogP contribution in [0.5, 0.6) is 0 Å². The number of benzene rings is 2. The maximum absolute atomic E-state index is 3.30. The Balaban J connectivity index is 2.37. The SMILES string of the molecule is CCc1[c]cc(-c2cccc(I)c2)cc1. The van der Waals surface area contributed by atoms with Crippen molar-refractivity contribution >= 4 is 22.6 Å². The molecule has 0 aliphatic heterocycles. The van der Waals surface area contributed by atoms with Gasteiger partial charge in [0.25, 0.3) is 0 Å². The Kier molecular flexibility index (Phi) is 3.41. The summed E-state index contributed by atoms with van der Waals surface area (Å²) in [5, 5.41) is 0. The molecule has 0 N–H and O–H groups in total. The molecule has 0 aliphatic rings. The lowest BCUT2D eigenvalue weighted by molar-refractivity contribution is 1.14. The summed E-state index contributed by atoms with van der Waals surface area (Å²) in [6.07, 6.45) is 1.05. The summed E-state index contributed by atoms with van der Waals surface area (Å²) in [5.74, 6) is 0. The summed E-state index contributed by atoms with van der Waals surface area (Å²) in [6.45, 7) is 2.15. The van der Waals surface area contributed by atoms with E-state index >= 15 is 0 Å². The quantitative estimate of drug-likeness (QED) is 0.725. The van der Waals surface area contributed by atoms with Gasteiger partial charge in [-0.15, -0.1) is 0 Å². The van der Waals surface area contributed by atoms with Gasteiger partial charge < -0.3 is 0 Å². The van der Waals surface area contributed by atoms with Gasteiger partial charge in [-0.2, -0.15) is 0 Å². The first kappa shape index (κ1) is 10.7. The van der Waals surface area contributed by atoms with Gasteiger partial charge in [-0.25, -0.2) is 0 Å². The maximum Gasteiger partial charge on any atom is 0.0136 e. The highest BCUT2D eigenvalue weighted by Gasteiger charge is 1.98. The van der Waals surface area contributed by atoms with E-state index in [-0.39, 0.29) is 0 Å². The number of halogens is 1. The van der Waals surface area contributed by atoms with Gasteiger partial charge in [-0.05, 0) is 70.0 Å². The third-order valence-electron chi connectivity index (χ3n) is 2.42. The van der Waals surface area contributed by atoms with Crippen molar-refractivity contribution in [3.8, 4) is 11.1 Å². The molecule has 0 unspecified atom stereocenters. The molecule has 0 amide bonds. The molecular weight excluding hydrogens is 295 g/mol. The molecule has 0 aliphatic carbocycles. The van der Waals surface area contributed by atoms with Crippen LogP contribution in [-0.4, -0.2) is 0 Å². The molecule has 0 bridgehead atoms. The summed E-state index contributed by atoms with van der Waals surface area (Å²) in [4.78, 5) is 0. The van der Waals surface area contributed by atoms with Crippen molar-refractivity contribution in [2.75, 3.05) is 0 Å². The highest BCUT2D eigenvalue weighted by Crippen LogP contribution is 2.21. The molecule has 2 aromatic carbocycles. The van der Waals surface area contributed by atoms with Crippen LogP contribution in [-0.2, 0) is 6.42 Å². The van der Waals surface area contributed by atoms with Crippen LogP contribution >= 0.6 is 22.6 Å². The molecule has 0 spiro atoms. The first-order chi connectivity index (χ1) is 7.29. The number of rotatable bonds is 2. The van der Waals surface area contributed by atoms with Crippen LogP contribution in [0.2, 0.25) is 0 Å². The van der Waals surface area contributed by atoms with Crippen LogP contribution in [0, 0.1) is 9.64 Å². The van der Waals surface area contributed by atoms with Gasteiger partial charge in [0.2, 0.25) is 0 Å². The molecule has 15 heavy (non-hydrogen) atoms. The summed E-state index contributed by atoms with van der Waals surface area (Å²) >= 11 is 2.34. The Morgan fingerprint density at radius 2 is 2.00 bits per heavy atom. The number of aryl methyl sites for hydroxylation is 1. The van der Waals surface area contributed by atoms with E-state index < -0.39 is 0 Å². The van der Waals surface area contributed by atoms with Gasteiger partial charge >= 0.3 is 0 Å². The molecular formula is C14H12I. The number of hydrogen-bond donors (Lipinski definition) is 0. The van der Waals surface area contributed by atoms with Gasteiger partial charge in [-0.1, -0.05) is 31.2 Å². The van der Waals surface area contributed by atoms with E-state index in [9.17, 15) is 0 Å². The van der Waals surface area contributed by atoms with Crippen LogP contribution in [0.1, 0.15) is 12.5 Å². The first-order valence-electron chi connectivity index (χ1n) is 5.06. The van der Waals surface area contributed by atoms with Gasteiger partial charge in [0.15, 0.2) is 0 Å². The highest BCUT2D eigenvalue weighted by atomic mass is 127. The highest BCUT2D eigenvalue weighted by molar-refractivity contribution is 14.1. The molecule has 1 heteroatoms. The van der Waals surface area contributed by atoms with Crippen LogP contribution in [0.15, 0.2) is 42.5 Å². The van der Waals surface area contributed by atoms with E-state index in [0.29, 0.717) is 0 Å². The van der Waals surface area contributed by atoms with Crippen molar-refractivity contribution in [1.82, 2.24) is 0 Å². The van der Waals surface area contributed by atoms with Crippen molar-refractivity contribution in [1.29, 1.82) is 0 Å². The zero-order valence-electron chi connectivity index (χ0n) is 8.63. The summed E-state index contributed by atoms with van der Waals surface area (Å²) in [5.41, 5.74) is 3.77. The van der Waals surface area contributed by atoms with Crippen LogP contribution < -0.4 is 0 Å². The fourth-order valence-corrected chi connectivity index (χ4v) is 2.07. The smallest absolute Gasteiger partial charge is 0.0136 e. The average molecular weight is 307 g/mol. The minimum Gasteiger partial charge on any atom is -0.0613 e. The Labute approximate surface area is 104 Å². The second-order valence-corrected chi connectivity index (χ2v) is 4.71. The lowest BCUT2D eigenvalue weighted by Crippen LogP contribution is -1.82. The molecule has 0 atom stereocenters. The lowest BCUT2D eigenvalue weighted by atomic mass is 10.0. The average Bonchev–Trinajstić information content (AvgIpc) is 2.29. The van der Waals surface area contributed by atoms with Crippen LogP contribution in [0.3, 0.4) is 0 Å². The molecule has 0 saturated carbocycles. The number of hydrogen-bond acceptors (Lipinski definition) is 0. The molecule has 0 nitrogen and oxygen atoms in total. The Bertz CT molecular complexity index is 443. The normalized spacial score (nSPS) is 10.3. The first-order valence-corrected chi connectivity index (χ1v) is 6.14. The predicted molar refractivity (Wildman–Crippen MR) is 72.8 cm³/mol. The Morgan fingerprint density at radius 3 is 2.60 bits per heavy atom. The molecule has 1 radical (unpaired) electrons. The largest absolute Gasteiger partial charge is 0.0613 e. The predicted octanol–water partition coefficient (Wildman–Crippen LogP) is 4.32. The van der Waals surface area contributed by atoms with Crippen molar-refractivity contribution in [3.63, 3.8) is 0 Å². The summed E-state index contributed by atoms with van der Waals surface area (Å²) in [7, 11) is 0. The molecule has 0 aromatic heterocycles. The molecule has 0 saturated heterocycles. The lowest BCUT2D eigenvalue weighted by Gasteiger charge is -2.03. The zero-order valence-corrected chi connectivity index (χ0v) is 10.8. The topological polar surface area (TPSA) is 0 Å². The standard InChI is InChI=1S/C14H12I/c1-2-11-6-8-12(9-7-11)13-4-3-5-14(15)10-13/h3-6,8-10H,2H2,1H3. The molecule has 75 valence electrons. The summed E-state index contributed by atoms with van der Waals surface area (Å²) < 4.78 is 1.27. The van der Waals surface area contributed by atoms with E-state index in [0.717, 1.165) is 6.42 Å². The maximum atomic E-state index is 3.30. The Morgan fingerprint density at radius 1 is 1.13 bits per heavy atom. The monoisotopic (exact) mass is 307 g/mol. The molecule has 0 heterocycles. The van der Waals surface area contributed by atoms with Crippen molar-refractivity contribution in [3.05, 3.63) is 57.7 Å². The summed E-state index contributed by atoms with van der Waals surface area (Å²) in [6, 6.07) is 18.2. The van der Waals surface area contributed by atoms with Crippen molar-refractivity contribution in [2.24, 2.45) is 0 Å². The second kappa shape index (κ2) is 4.79. The van der Waals surface area contributed by atoms with E-state index in [1.54, 1.807) is 0 Å². The molecule has 2 aromatic rings. The van der Waals surface area contributed by atoms with Crippen LogP contribution in [0.4, 0.5) is 0 Å². The minimum absolute atomic E-state index is 1.05. The van der Waals surface area contributed by atoms with Gasteiger partial charge in [-0.3, -0.25) is 0 Å². The van der Waals surface area contributed by atoms with Crippen molar-refractivity contribution < 1.29 is 0 Å². The fourth-order valence-electron chi connectivity index (χ4n) is 1.52. The van der Waals surface area contributed by atoms with Crippen molar-refractivity contribution in [2.45, 2.75) is 13.3 Å².